The number of rotatable bonds is 5. The average Bonchev–Trinajstić information content (AvgIpc) is 2.27. The molecule has 0 aliphatic heterocycles. The summed E-state index contributed by atoms with van der Waals surface area (Å²) in [6, 6.07) is 3.42. The highest BCUT2D eigenvalue weighted by molar-refractivity contribution is 6.32. The van der Waals surface area contributed by atoms with E-state index in [1.54, 1.807) is 6.07 Å². The number of carboxylic acid groups (broad SMARTS) is 1. The molecule has 0 amide bonds. The zero-order chi connectivity index (χ0) is 13.7. The molecular formula is C11H7ClFNO4. The molecule has 5 nitrogen and oxygen atoms in total. The van der Waals surface area contributed by atoms with Crippen molar-refractivity contribution in [2.45, 2.75) is 6.42 Å². The highest BCUT2D eigenvalue weighted by Gasteiger charge is 2.16. The van der Waals surface area contributed by atoms with Gasteiger partial charge < -0.3 is 9.84 Å². The molecule has 7 heteroatoms. The molecule has 0 radical (unpaired) electrons. The molecule has 0 bridgehead atoms. The van der Waals surface area contributed by atoms with E-state index in [2.05, 4.69) is 0 Å². The van der Waals surface area contributed by atoms with Crippen LogP contribution in [-0.2, 0) is 4.79 Å². The molecule has 18 heavy (non-hydrogen) atoms. The van der Waals surface area contributed by atoms with E-state index in [9.17, 15) is 14.0 Å². The number of hydrogen-bond acceptors (Lipinski definition) is 4. The van der Waals surface area contributed by atoms with Crippen molar-refractivity contribution >= 4 is 23.4 Å². The van der Waals surface area contributed by atoms with Gasteiger partial charge in [-0.2, -0.15) is 5.26 Å². The van der Waals surface area contributed by atoms with E-state index in [0.717, 1.165) is 12.1 Å². The zero-order valence-electron chi connectivity index (χ0n) is 8.94. The van der Waals surface area contributed by atoms with E-state index in [1.165, 1.54) is 0 Å². The highest BCUT2D eigenvalue weighted by atomic mass is 35.5. The normalized spacial score (nSPS) is 9.61. The van der Waals surface area contributed by atoms with Crippen molar-refractivity contribution in [1.82, 2.24) is 0 Å². The summed E-state index contributed by atoms with van der Waals surface area (Å²) in [6.07, 6.45) is -0.489. The zero-order valence-corrected chi connectivity index (χ0v) is 9.70. The largest absolute Gasteiger partial charge is 0.480 e. The molecule has 1 aromatic carbocycles. The summed E-state index contributed by atoms with van der Waals surface area (Å²) in [5, 5.41) is 16.6. The predicted octanol–water partition coefficient (Wildman–Crippen LogP) is 2.04. The molecule has 1 N–H and O–H groups in total. The Labute approximate surface area is 106 Å². The van der Waals surface area contributed by atoms with E-state index >= 15 is 0 Å². The molecule has 0 fully saturated rings. The smallest absolute Gasteiger partial charge is 0.341 e. The fourth-order valence-corrected chi connectivity index (χ4v) is 1.36. The maximum Gasteiger partial charge on any atom is 0.341 e. The second-order valence-corrected chi connectivity index (χ2v) is 3.61. The van der Waals surface area contributed by atoms with Crippen molar-refractivity contribution in [3.63, 3.8) is 0 Å². The Kier molecular flexibility index (Phi) is 4.63. The minimum atomic E-state index is -1.24. The first-order valence-corrected chi connectivity index (χ1v) is 5.07. The van der Waals surface area contributed by atoms with Crippen LogP contribution in [0, 0.1) is 17.1 Å². The Bertz CT molecular complexity index is 539. The fourth-order valence-electron chi connectivity index (χ4n) is 1.16. The van der Waals surface area contributed by atoms with Gasteiger partial charge in [-0.05, 0) is 12.1 Å². The van der Waals surface area contributed by atoms with E-state index in [1.807, 2.05) is 0 Å². The van der Waals surface area contributed by atoms with E-state index < -0.39 is 30.6 Å². The summed E-state index contributed by atoms with van der Waals surface area (Å²) in [4.78, 5) is 21.7. The highest BCUT2D eigenvalue weighted by Crippen LogP contribution is 2.28. The topological polar surface area (TPSA) is 87.4 Å². The summed E-state index contributed by atoms with van der Waals surface area (Å²) in [5.74, 6) is -2.98. The van der Waals surface area contributed by atoms with Crippen LogP contribution in [0.3, 0.4) is 0 Å². The van der Waals surface area contributed by atoms with Crippen LogP contribution in [0.5, 0.6) is 5.75 Å². The van der Waals surface area contributed by atoms with Gasteiger partial charge in [0.1, 0.15) is 11.6 Å². The lowest BCUT2D eigenvalue weighted by atomic mass is 10.1. The fraction of sp³-hybridized carbons (Fsp3) is 0.182. The summed E-state index contributed by atoms with van der Waals surface area (Å²) in [5.41, 5.74) is -0.360. The van der Waals surface area contributed by atoms with Gasteiger partial charge in [0.15, 0.2) is 12.4 Å². The lowest BCUT2D eigenvalue weighted by molar-refractivity contribution is -0.139. The van der Waals surface area contributed by atoms with Crippen LogP contribution in [0.25, 0.3) is 0 Å². The van der Waals surface area contributed by atoms with Gasteiger partial charge in [0, 0.05) is 0 Å². The van der Waals surface area contributed by atoms with Crippen LogP contribution < -0.4 is 4.74 Å². The maximum atomic E-state index is 13.4. The Morgan fingerprint density at radius 2 is 2.17 bits per heavy atom. The number of aliphatic carboxylic acids is 1. The number of benzene rings is 1. The molecule has 1 rings (SSSR count). The van der Waals surface area contributed by atoms with Gasteiger partial charge in [0.25, 0.3) is 0 Å². The Hall–Kier alpha value is -2.13. The summed E-state index contributed by atoms with van der Waals surface area (Å²) in [6.45, 7) is -0.669. The number of halogens is 2. The van der Waals surface area contributed by atoms with E-state index in [0.29, 0.717) is 0 Å². The molecule has 0 saturated carbocycles. The van der Waals surface area contributed by atoms with Gasteiger partial charge in [0.2, 0.25) is 0 Å². The third-order valence-electron chi connectivity index (χ3n) is 1.91. The first-order chi connectivity index (χ1) is 8.45. The number of carbonyl (C=O) groups excluding carboxylic acids is 1. The minimum Gasteiger partial charge on any atom is -0.480 e. The maximum absolute atomic E-state index is 13.4. The number of nitriles is 1. The standard InChI is InChI=1S/C11H7ClFNO4/c12-7-4-8(13)6(9(15)1-2-14)3-10(7)18-5-11(16)17/h3-4H,1,5H2,(H,16,17). The van der Waals surface area contributed by atoms with Gasteiger partial charge in [0.05, 0.1) is 23.1 Å². The quantitative estimate of drug-likeness (QED) is 0.828. The van der Waals surface area contributed by atoms with Crippen molar-refractivity contribution in [1.29, 1.82) is 5.26 Å². The molecule has 0 atom stereocenters. The van der Waals surface area contributed by atoms with Gasteiger partial charge >= 0.3 is 5.97 Å². The molecule has 0 unspecified atom stereocenters. The summed E-state index contributed by atoms with van der Waals surface area (Å²) in [7, 11) is 0. The molecule has 0 aliphatic carbocycles. The number of ether oxygens (including phenoxy) is 1. The van der Waals surface area contributed by atoms with Crippen molar-refractivity contribution in [2.24, 2.45) is 0 Å². The van der Waals surface area contributed by atoms with Gasteiger partial charge in [-0.25, -0.2) is 9.18 Å². The molecule has 0 spiro atoms. The van der Waals surface area contributed by atoms with Crippen molar-refractivity contribution in [3.8, 4) is 11.8 Å². The SMILES string of the molecule is N#CCC(=O)c1cc(OCC(=O)O)c(Cl)cc1F. The number of hydrogen-bond donors (Lipinski definition) is 1. The van der Waals surface area contributed by atoms with Gasteiger partial charge in [-0.15, -0.1) is 0 Å². The number of carboxylic acids is 1. The minimum absolute atomic E-state index is 0.123. The molecular weight excluding hydrogens is 265 g/mol. The summed E-state index contributed by atoms with van der Waals surface area (Å²) >= 11 is 5.63. The van der Waals surface area contributed by atoms with Gasteiger partial charge in [-0.3, -0.25) is 4.79 Å². The average molecular weight is 272 g/mol. The van der Waals surface area contributed by atoms with E-state index in [4.69, 9.17) is 26.7 Å². The molecule has 0 aliphatic rings. The Balaban J connectivity index is 3.06. The van der Waals surface area contributed by atoms with Crippen LogP contribution in [0.2, 0.25) is 5.02 Å². The van der Waals surface area contributed by atoms with Crippen LogP contribution in [-0.4, -0.2) is 23.5 Å². The monoisotopic (exact) mass is 271 g/mol. The van der Waals surface area contributed by atoms with Crippen molar-refractivity contribution in [2.75, 3.05) is 6.61 Å². The Morgan fingerprint density at radius 3 is 2.72 bits per heavy atom. The van der Waals surface area contributed by atoms with E-state index in [-0.39, 0.29) is 16.3 Å². The molecule has 0 heterocycles. The lowest BCUT2D eigenvalue weighted by Gasteiger charge is -2.08. The Morgan fingerprint density at radius 1 is 1.50 bits per heavy atom. The molecule has 94 valence electrons. The van der Waals surface area contributed by atoms with Crippen LogP contribution in [0.4, 0.5) is 4.39 Å². The molecule has 0 saturated heterocycles. The second-order valence-electron chi connectivity index (χ2n) is 3.20. The number of carbonyl (C=O) groups is 2. The van der Waals surface area contributed by atoms with Crippen LogP contribution in [0.15, 0.2) is 12.1 Å². The van der Waals surface area contributed by atoms with Crippen molar-refractivity contribution < 1.29 is 23.8 Å². The first-order valence-electron chi connectivity index (χ1n) is 4.69. The third kappa shape index (κ3) is 3.43. The summed E-state index contributed by atoms with van der Waals surface area (Å²) < 4.78 is 18.2. The first kappa shape index (κ1) is 13.9. The number of Topliss-reactive ketones (excluding diaryl/α,β-unsaturated/α-hetero) is 1. The van der Waals surface area contributed by atoms with Crippen LogP contribution >= 0.6 is 11.6 Å². The molecule has 0 aromatic heterocycles. The molecule has 1 aromatic rings. The van der Waals surface area contributed by atoms with Crippen LogP contribution in [0.1, 0.15) is 16.8 Å². The number of nitrogens with zero attached hydrogens (tertiary/aromatic N) is 1. The number of ketones is 1. The predicted molar refractivity (Wildman–Crippen MR) is 59.1 cm³/mol. The second kappa shape index (κ2) is 5.98. The lowest BCUT2D eigenvalue weighted by Crippen LogP contribution is -2.11. The van der Waals surface area contributed by atoms with Crippen molar-refractivity contribution in [3.05, 3.63) is 28.5 Å². The van der Waals surface area contributed by atoms with Gasteiger partial charge in [-0.1, -0.05) is 11.6 Å². The third-order valence-corrected chi connectivity index (χ3v) is 2.21.